The molecule has 2 unspecified atom stereocenters. The van der Waals surface area contributed by atoms with Gasteiger partial charge in [0.15, 0.2) is 0 Å². The van der Waals surface area contributed by atoms with E-state index in [2.05, 4.69) is 42.5 Å². The minimum absolute atomic E-state index is 0.134. The van der Waals surface area contributed by atoms with Crippen LogP contribution in [0.25, 0.3) is 0 Å². The van der Waals surface area contributed by atoms with Gasteiger partial charge >= 0.3 is 0 Å². The summed E-state index contributed by atoms with van der Waals surface area (Å²) in [6.07, 6.45) is 4.58. The van der Waals surface area contributed by atoms with Crippen LogP contribution in [-0.2, 0) is 12.8 Å². The minimum atomic E-state index is 0.134. The topological polar surface area (TPSA) is 35.2 Å². The molecule has 2 aromatic rings. The van der Waals surface area contributed by atoms with E-state index >= 15 is 0 Å². The monoisotopic (exact) mass is 281 g/mol. The van der Waals surface area contributed by atoms with Crippen molar-refractivity contribution in [1.29, 1.82) is 0 Å². The first kappa shape index (κ1) is 14.2. The summed E-state index contributed by atoms with van der Waals surface area (Å²) in [5.41, 5.74) is 10.7. The zero-order valence-electron chi connectivity index (χ0n) is 12.6. The molecule has 21 heavy (non-hydrogen) atoms. The largest absolute Gasteiger partial charge is 0.497 e. The van der Waals surface area contributed by atoms with Gasteiger partial charge in [-0.05, 0) is 60.4 Å². The number of aryl methyl sites for hydroxylation is 1. The van der Waals surface area contributed by atoms with Gasteiger partial charge in [0.2, 0.25) is 0 Å². The van der Waals surface area contributed by atoms with Crippen molar-refractivity contribution in [3.8, 4) is 5.75 Å². The fourth-order valence-corrected chi connectivity index (χ4v) is 3.41. The molecule has 0 aliphatic heterocycles. The van der Waals surface area contributed by atoms with Crippen LogP contribution in [0.15, 0.2) is 48.5 Å². The summed E-state index contributed by atoms with van der Waals surface area (Å²) in [7, 11) is 1.72. The van der Waals surface area contributed by atoms with Gasteiger partial charge in [-0.2, -0.15) is 0 Å². The first-order valence-electron chi connectivity index (χ1n) is 7.74. The highest BCUT2D eigenvalue weighted by Crippen LogP contribution is 2.33. The number of rotatable bonds is 3. The first-order valence-corrected chi connectivity index (χ1v) is 7.74. The summed E-state index contributed by atoms with van der Waals surface area (Å²) in [5, 5.41) is 0. The molecular weight excluding hydrogens is 258 g/mol. The maximum Gasteiger partial charge on any atom is 0.119 e. The standard InChI is InChI=1S/C19H23NO/c1-21-17-10-4-6-14(13-17)12-16-9-5-8-15-7-2-3-11-18(15)19(16)20/h2-4,6-7,10-11,13,16,19H,5,8-9,12,20H2,1H3. The lowest BCUT2D eigenvalue weighted by Crippen LogP contribution is -2.22. The van der Waals surface area contributed by atoms with Crippen molar-refractivity contribution in [3.05, 3.63) is 65.2 Å². The molecule has 2 N–H and O–H groups in total. The second-order valence-electron chi connectivity index (χ2n) is 5.93. The molecule has 0 amide bonds. The van der Waals surface area contributed by atoms with Crippen molar-refractivity contribution in [2.45, 2.75) is 31.7 Å². The van der Waals surface area contributed by atoms with Gasteiger partial charge in [-0.25, -0.2) is 0 Å². The zero-order chi connectivity index (χ0) is 14.7. The Hall–Kier alpha value is -1.80. The summed E-state index contributed by atoms with van der Waals surface area (Å²) in [5.74, 6) is 1.43. The summed E-state index contributed by atoms with van der Waals surface area (Å²) in [6.45, 7) is 0. The Morgan fingerprint density at radius 1 is 1.14 bits per heavy atom. The van der Waals surface area contributed by atoms with E-state index in [9.17, 15) is 0 Å². The smallest absolute Gasteiger partial charge is 0.119 e. The van der Waals surface area contributed by atoms with Crippen LogP contribution < -0.4 is 10.5 Å². The van der Waals surface area contributed by atoms with Crippen molar-refractivity contribution in [2.75, 3.05) is 7.11 Å². The maximum atomic E-state index is 6.58. The van der Waals surface area contributed by atoms with Crippen LogP contribution in [0.1, 0.15) is 35.6 Å². The highest BCUT2D eigenvalue weighted by molar-refractivity contribution is 5.33. The van der Waals surface area contributed by atoms with Crippen molar-refractivity contribution >= 4 is 0 Å². The molecule has 0 saturated carbocycles. The SMILES string of the molecule is COc1cccc(CC2CCCc3ccccc3C2N)c1. The molecule has 0 bridgehead atoms. The molecule has 0 saturated heterocycles. The second-order valence-corrected chi connectivity index (χ2v) is 5.93. The molecule has 2 atom stereocenters. The Kier molecular flexibility index (Phi) is 4.26. The number of methoxy groups -OCH3 is 1. The van der Waals surface area contributed by atoms with Gasteiger partial charge in [0, 0.05) is 6.04 Å². The van der Waals surface area contributed by atoms with Gasteiger partial charge in [0.05, 0.1) is 7.11 Å². The van der Waals surface area contributed by atoms with Crippen molar-refractivity contribution in [2.24, 2.45) is 11.7 Å². The van der Waals surface area contributed by atoms with Crippen LogP contribution in [0, 0.1) is 5.92 Å². The average Bonchev–Trinajstić information content (AvgIpc) is 2.68. The van der Waals surface area contributed by atoms with Crippen molar-refractivity contribution in [3.63, 3.8) is 0 Å². The Bertz CT molecular complexity index is 608. The molecule has 1 aliphatic rings. The molecule has 2 nitrogen and oxygen atoms in total. The molecule has 0 spiro atoms. The maximum absolute atomic E-state index is 6.58. The molecule has 2 heteroatoms. The quantitative estimate of drug-likeness (QED) is 0.866. The molecular formula is C19H23NO. The van der Waals surface area contributed by atoms with E-state index in [1.807, 2.05) is 6.07 Å². The predicted molar refractivity (Wildman–Crippen MR) is 86.5 cm³/mol. The molecule has 0 fully saturated rings. The third-order valence-electron chi connectivity index (χ3n) is 4.58. The Balaban J connectivity index is 1.82. The van der Waals surface area contributed by atoms with E-state index in [-0.39, 0.29) is 6.04 Å². The van der Waals surface area contributed by atoms with Crippen LogP contribution in [0.5, 0.6) is 5.75 Å². The van der Waals surface area contributed by atoms with Crippen molar-refractivity contribution < 1.29 is 4.74 Å². The zero-order valence-corrected chi connectivity index (χ0v) is 12.6. The highest BCUT2D eigenvalue weighted by atomic mass is 16.5. The van der Waals surface area contributed by atoms with Gasteiger partial charge in [-0.1, -0.05) is 36.4 Å². The second kappa shape index (κ2) is 6.31. The summed E-state index contributed by atoms with van der Waals surface area (Å²) >= 11 is 0. The normalized spacial score (nSPS) is 21.4. The van der Waals surface area contributed by atoms with E-state index in [0.29, 0.717) is 5.92 Å². The van der Waals surface area contributed by atoms with Gasteiger partial charge in [0.25, 0.3) is 0 Å². The fraction of sp³-hybridized carbons (Fsp3) is 0.368. The van der Waals surface area contributed by atoms with E-state index in [0.717, 1.165) is 18.6 Å². The first-order chi connectivity index (χ1) is 10.3. The summed E-state index contributed by atoms with van der Waals surface area (Å²) < 4.78 is 5.32. The Labute approximate surface area is 126 Å². The van der Waals surface area contributed by atoms with Gasteiger partial charge in [-0.3, -0.25) is 0 Å². The molecule has 0 heterocycles. The number of hydrogen-bond donors (Lipinski definition) is 1. The predicted octanol–water partition coefficient (Wildman–Crippen LogP) is 3.89. The molecule has 1 aliphatic carbocycles. The molecule has 2 aromatic carbocycles. The van der Waals surface area contributed by atoms with Crippen LogP contribution in [-0.4, -0.2) is 7.11 Å². The number of nitrogens with two attached hydrogens (primary N) is 1. The molecule has 0 aromatic heterocycles. The fourth-order valence-electron chi connectivity index (χ4n) is 3.41. The van der Waals surface area contributed by atoms with E-state index in [1.165, 1.54) is 29.5 Å². The Morgan fingerprint density at radius 2 is 2.00 bits per heavy atom. The minimum Gasteiger partial charge on any atom is -0.497 e. The van der Waals surface area contributed by atoms with Crippen LogP contribution >= 0.6 is 0 Å². The number of benzene rings is 2. The number of fused-ring (bicyclic) bond motifs is 1. The molecule has 0 radical (unpaired) electrons. The van der Waals surface area contributed by atoms with Gasteiger partial charge < -0.3 is 10.5 Å². The average molecular weight is 281 g/mol. The van der Waals surface area contributed by atoms with Crippen LogP contribution in [0.2, 0.25) is 0 Å². The van der Waals surface area contributed by atoms with Crippen LogP contribution in [0.4, 0.5) is 0 Å². The number of ether oxygens (including phenoxy) is 1. The summed E-state index contributed by atoms with van der Waals surface area (Å²) in [6, 6.07) is 17.1. The lowest BCUT2D eigenvalue weighted by molar-refractivity contribution is 0.397. The van der Waals surface area contributed by atoms with Gasteiger partial charge in [-0.15, -0.1) is 0 Å². The highest BCUT2D eigenvalue weighted by Gasteiger charge is 2.24. The van der Waals surface area contributed by atoms with E-state index in [1.54, 1.807) is 7.11 Å². The van der Waals surface area contributed by atoms with E-state index in [4.69, 9.17) is 10.5 Å². The van der Waals surface area contributed by atoms with Crippen LogP contribution in [0.3, 0.4) is 0 Å². The molecule has 110 valence electrons. The van der Waals surface area contributed by atoms with Crippen molar-refractivity contribution in [1.82, 2.24) is 0 Å². The molecule has 3 rings (SSSR count). The third kappa shape index (κ3) is 3.11. The lowest BCUT2D eigenvalue weighted by Gasteiger charge is -2.23. The lowest BCUT2D eigenvalue weighted by atomic mass is 9.86. The summed E-state index contributed by atoms with van der Waals surface area (Å²) in [4.78, 5) is 0. The number of hydrogen-bond acceptors (Lipinski definition) is 2. The third-order valence-corrected chi connectivity index (χ3v) is 4.58. The van der Waals surface area contributed by atoms with E-state index < -0.39 is 0 Å². The Morgan fingerprint density at radius 3 is 2.86 bits per heavy atom. The van der Waals surface area contributed by atoms with Gasteiger partial charge in [0.1, 0.15) is 5.75 Å².